The van der Waals surface area contributed by atoms with Crippen LogP contribution in [0.2, 0.25) is 0 Å². The van der Waals surface area contributed by atoms with E-state index in [1.807, 2.05) is 49.4 Å². The lowest BCUT2D eigenvalue weighted by Gasteiger charge is -2.11. The standard InChI is InChI=1S/C22H18BrN5O2/c1-3-15-6-10-18(11-7-15)28-22(30)19(12-24)14(2)20(27-28)21(29)26-25-13-16-4-8-17(23)9-5-16/h4-11,13H,3H2,1-2H3,(H,26,29)/b25-13+. The summed E-state index contributed by atoms with van der Waals surface area (Å²) in [5.74, 6) is -0.615. The summed E-state index contributed by atoms with van der Waals surface area (Å²) < 4.78 is 2.00. The molecule has 7 nitrogen and oxygen atoms in total. The van der Waals surface area contributed by atoms with Crippen LogP contribution < -0.4 is 11.0 Å². The zero-order valence-electron chi connectivity index (χ0n) is 16.4. The Morgan fingerprint density at radius 1 is 1.23 bits per heavy atom. The van der Waals surface area contributed by atoms with Crippen molar-refractivity contribution in [2.45, 2.75) is 20.3 Å². The minimum absolute atomic E-state index is 0.0429. The van der Waals surface area contributed by atoms with E-state index < -0.39 is 11.5 Å². The van der Waals surface area contributed by atoms with Crippen LogP contribution in [0.5, 0.6) is 0 Å². The SMILES string of the molecule is CCc1ccc(-n2nc(C(=O)N/N=C/c3ccc(Br)cc3)c(C)c(C#N)c2=O)cc1. The van der Waals surface area contributed by atoms with E-state index in [1.54, 1.807) is 12.1 Å². The van der Waals surface area contributed by atoms with Gasteiger partial charge in [0.2, 0.25) is 0 Å². The Hall–Kier alpha value is -3.57. The number of amides is 1. The first-order chi connectivity index (χ1) is 14.4. The highest BCUT2D eigenvalue weighted by molar-refractivity contribution is 9.10. The number of rotatable bonds is 5. The summed E-state index contributed by atoms with van der Waals surface area (Å²) in [5.41, 5.74) is 4.22. The summed E-state index contributed by atoms with van der Waals surface area (Å²) in [6.45, 7) is 3.54. The van der Waals surface area contributed by atoms with E-state index in [4.69, 9.17) is 0 Å². The van der Waals surface area contributed by atoms with Crippen LogP contribution in [0.15, 0.2) is 62.9 Å². The van der Waals surface area contributed by atoms with Crippen molar-refractivity contribution in [1.29, 1.82) is 5.26 Å². The van der Waals surface area contributed by atoms with Gasteiger partial charge in [0.15, 0.2) is 5.69 Å². The van der Waals surface area contributed by atoms with Gasteiger partial charge in [0.25, 0.3) is 11.5 Å². The molecular formula is C22H18BrN5O2. The van der Waals surface area contributed by atoms with E-state index in [0.717, 1.165) is 26.7 Å². The number of aryl methyl sites for hydroxylation is 1. The van der Waals surface area contributed by atoms with E-state index in [2.05, 4.69) is 31.6 Å². The highest BCUT2D eigenvalue weighted by atomic mass is 79.9. The van der Waals surface area contributed by atoms with E-state index >= 15 is 0 Å². The lowest BCUT2D eigenvalue weighted by atomic mass is 10.1. The molecule has 1 aromatic heterocycles. The van der Waals surface area contributed by atoms with Crippen LogP contribution in [0.1, 0.15) is 39.7 Å². The predicted molar refractivity (Wildman–Crippen MR) is 118 cm³/mol. The van der Waals surface area contributed by atoms with Crippen molar-refractivity contribution in [2.75, 3.05) is 0 Å². The summed E-state index contributed by atoms with van der Waals surface area (Å²) in [7, 11) is 0. The van der Waals surface area contributed by atoms with Gasteiger partial charge in [-0.2, -0.15) is 20.1 Å². The van der Waals surface area contributed by atoms with Gasteiger partial charge in [0, 0.05) is 10.0 Å². The molecule has 0 aliphatic rings. The van der Waals surface area contributed by atoms with Crippen LogP contribution in [0.4, 0.5) is 0 Å². The Balaban J connectivity index is 1.95. The first kappa shape index (κ1) is 21.1. The molecule has 0 saturated carbocycles. The van der Waals surface area contributed by atoms with E-state index in [1.165, 1.54) is 13.1 Å². The minimum Gasteiger partial charge on any atom is -0.266 e. The van der Waals surface area contributed by atoms with Crippen molar-refractivity contribution >= 4 is 28.1 Å². The maximum absolute atomic E-state index is 12.7. The number of benzene rings is 2. The third kappa shape index (κ3) is 4.53. The number of hydrazone groups is 1. The molecule has 0 bridgehead atoms. The van der Waals surface area contributed by atoms with Gasteiger partial charge in [0.1, 0.15) is 11.6 Å². The van der Waals surface area contributed by atoms with Gasteiger partial charge < -0.3 is 0 Å². The Kier molecular flexibility index (Phi) is 6.54. The highest BCUT2D eigenvalue weighted by Crippen LogP contribution is 2.12. The molecule has 0 fully saturated rings. The van der Waals surface area contributed by atoms with Gasteiger partial charge in [-0.1, -0.05) is 47.1 Å². The van der Waals surface area contributed by atoms with E-state index in [0.29, 0.717) is 5.69 Å². The molecule has 3 rings (SSSR count). The number of halogens is 1. The quantitative estimate of drug-likeness (QED) is 0.462. The summed E-state index contributed by atoms with van der Waals surface area (Å²) in [6, 6.07) is 16.5. The smallest absolute Gasteiger partial charge is 0.266 e. The number of carbonyl (C=O) groups is 1. The molecule has 2 aromatic carbocycles. The molecule has 0 radical (unpaired) electrons. The molecule has 0 aliphatic heterocycles. The van der Waals surface area contributed by atoms with Gasteiger partial charge in [-0.3, -0.25) is 9.59 Å². The predicted octanol–water partition coefficient (Wildman–Crippen LogP) is 3.50. The Labute approximate surface area is 181 Å². The second-order valence-electron chi connectivity index (χ2n) is 6.45. The molecule has 0 spiro atoms. The Morgan fingerprint density at radius 2 is 1.90 bits per heavy atom. The molecule has 0 saturated heterocycles. The molecule has 0 aliphatic carbocycles. The fourth-order valence-electron chi connectivity index (χ4n) is 2.77. The Bertz CT molecular complexity index is 1210. The fourth-order valence-corrected chi connectivity index (χ4v) is 3.03. The lowest BCUT2D eigenvalue weighted by molar-refractivity contribution is 0.0947. The van der Waals surface area contributed by atoms with Crippen molar-refractivity contribution in [2.24, 2.45) is 5.10 Å². The molecule has 1 N–H and O–H groups in total. The first-order valence-electron chi connectivity index (χ1n) is 9.17. The van der Waals surface area contributed by atoms with Crippen LogP contribution in [0.25, 0.3) is 5.69 Å². The summed E-state index contributed by atoms with van der Waals surface area (Å²) >= 11 is 3.35. The monoisotopic (exact) mass is 463 g/mol. The molecule has 3 aromatic rings. The van der Waals surface area contributed by atoms with Gasteiger partial charge in [-0.05, 0) is 48.7 Å². The van der Waals surface area contributed by atoms with Gasteiger partial charge >= 0.3 is 0 Å². The summed E-state index contributed by atoms with van der Waals surface area (Å²) in [6.07, 6.45) is 2.34. The van der Waals surface area contributed by atoms with E-state index in [-0.39, 0.29) is 16.8 Å². The molecule has 8 heteroatoms. The number of nitrogens with zero attached hydrogens (tertiary/aromatic N) is 4. The largest absolute Gasteiger partial charge is 0.292 e. The van der Waals surface area contributed by atoms with Crippen LogP contribution >= 0.6 is 15.9 Å². The number of hydrogen-bond acceptors (Lipinski definition) is 5. The minimum atomic E-state index is -0.615. The molecule has 0 unspecified atom stereocenters. The normalized spacial score (nSPS) is 10.7. The second-order valence-corrected chi connectivity index (χ2v) is 7.36. The van der Waals surface area contributed by atoms with Gasteiger partial charge in [0.05, 0.1) is 11.9 Å². The highest BCUT2D eigenvalue weighted by Gasteiger charge is 2.20. The van der Waals surface area contributed by atoms with Crippen molar-refractivity contribution < 1.29 is 4.79 Å². The van der Waals surface area contributed by atoms with Crippen LogP contribution in [0.3, 0.4) is 0 Å². The maximum atomic E-state index is 12.7. The van der Waals surface area contributed by atoms with Crippen LogP contribution in [0, 0.1) is 18.3 Å². The molecule has 1 heterocycles. The van der Waals surface area contributed by atoms with Gasteiger partial charge in [-0.15, -0.1) is 0 Å². The number of hydrogen-bond donors (Lipinski definition) is 1. The third-order valence-corrected chi connectivity index (χ3v) is 5.03. The first-order valence-corrected chi connectivity index (χ1v) is 9.96. The topological polar surface area (TPSA) is 100 Å². The third-order valence-electron chi connectivity index (χ3n) is 4.50. The van der Waals surface area contributed by atoms with E-state index in [9.17, 15) is 14.9 Å². The van der Waals surface area contributed by atoms with Crippen molar-refractivity contribution in [3.05, 3.63) is 91.3 Å². The number of nitriles is 1. The summed E-state index contributed by atoms with van der Waals surface area (Å²) in [4.78, 5) is 25.3. The van der Waals surface area contributed by atoms with Crippen molar-refractivity contribution in [1.82, 2.24) is 15.2 Å². The van der Waals surface area contributed by atoms with Gasteiger partial charge in [-0.25, -0.2) is 5.43 Å². The fraction of sp³-hybridized carbons (Fsp3) is 0.136. The van der Waals surface area contributed by atoms with Crippen LogP contribution in [-0.4, -0.2) is 21.9 Å². The summed E-state index contributed by atoms with van der Waals surface area (Å²) in [5, 5.41) is 17.6. The number of carbonyl (C=O) groups excluding carboxylic acids is 1. The van der Waals surface area contributed by atoms with Crippen molar-refractivity contribution in [3.8, 4) is 11.8 Å². The number of aromatic nitrogens is 2. The maximum Gasteiger partial charge on any atom is 0.292 e. The Morgan fingerprint density at radius 3 is 2.50 bits per heavy atom. The molecule has 30 heavy (non-hydrogen) atoms. The number of nitrogens with one attached hydrogen (secondary N) is 1. The zero-order chi connectivity index (χ0) is 21.7. The average Bonchev–Trinajstić information content (AvgIpc) is 2.75. The molecule has 0 atom stereocenters. The molecular weight excluding hydrogens is 446 g/mol. The molecule has 1 amide bonds. The average molecular weight is 464 g/mol. The van der Waals surface area contributed by atoms with Crippen molar-refractivity contribution in [3.63, 3.8) is 0 Å². The second kappa shape index (κ2) is 9.29. The zero-order valence-corrected chi connectivity index (χ0v) is 18.0. The molecule has 150 valence electrons. The lowest BCUT2D eigenvalue weighted by Crippen LogP contribution is -2.31. The van der Waals surface area contributed by atoms with Crippen LogP contribution in [-0.2, 0) is 6.42 Å².